The van der Waals surface area contributed by atoms with E-state index in [9.17, 15) is 0 Å². The molecule has 27 heavy (non-hydrogen) atoms. The van der Waals surface area contributed by atoms with Crippen molar-refractivity contribution in [2.45, 2.75) is 32.4 Å². The molecule has 1 aliphatic rings. The SMILES string of the molecule is Cc1cccc(CN2CC[C@@H](c3nn(CCN(C)C)c4ncccc34)C2)c1. The van der Waals surface area contributed by atoms with Crippen LogP contribution in [0.2, 0.25) is 0 Å². The highest BCUT2D eigenvalue weighted by Crippen LogP contribution is 2.32. The summed E-state index contributed by atoms with van der Waals surface area (Å²) in [6.45, 7) is 7.23. The van der Waals surface area contributed by atoms with Crippen LogP contribution in [0.3, 0.4) is 0 Å². The van der Waals surface area contributed by atoms with Gasteiger partial charge in [0.2, 0.25) is 0 Å². The highest BCUT2D eigenvalue weighted by Gasteiger charge is 2.28. The van der Waals surface area contributed by atoms with Crippen LogP contribution in [0, 0.1) is 6.92 Å². The molecular formula is C22H29N5. The minimum atomic E-state index is 0.488. The van der Waals surface area contributed by atoms with Crippen LogP contribution in [0.1, 0.15) is 29.2 Å². The molecule has 142 valence electrons. The summed E-state index contributed by atoms with van der Waals surface area (Å²) in [7, 11) is 4.19. The molecule has 1 aliphatic heterocycles. The fourth-order valence-electron chi connectivity index (χ4n) is 4.05. The number of fused-ring (bicyclic) bond motifs is 1. The second-order valence-corrected chi connectivity index (χ2v) is 8.00. The van der Waals surface area contributed by atoms with Crippen molar-refractivity contribution in [3.8, 4) is 0 Å². The first kappa shape index (κ1) is 18.1. The third-order valence-corrected chi connectivity index (χ3v) is 5.44. The first-order chi connectivity index (χ1) is 13.1. The summed E-state index contributed by atoms with van der Waals surface area (Å²) in [6.07, 6.45) is 3.04. The van der Waals surface area contributed by atoms with E-state index in [-0.39, 0.29) is 0 Å². The van der Waals surface area contributed by atoms with E-state index >= 15 is 0 Å². The van der Waals surface area contributed by atoms with Gasteiger partial charge in [-0.15, -0.1) is 0 Å². The van der Waals surface area contributed by atoms with Gasteiger partial charge in [0.15, 0.2) is 5.65 Å². The average Bonchev–Trinajstić information content (AvgIpc) is 3.24. The van der Waals surface area contributed by atoms with Crippen LogP contribution in [-0.4, -0.2) is 58.3 Å². The molecule has 0 amide bonds. The number of nitrogens with zero attached hydrogens (tertiary/aromatic N) is 5. The predicted octanol–water partition coefficient (Wildman–Crippen LogP) is 3.29. The summed E-state index contributed by atoms with van der Waals surface area (Å²) in [4.78, 5) is 9.36. The van der Waals surface area contributed by atoms with Crippen molar-refractivity contribution in [2.75, 3.05) is 33.7 Å². The highest BCUT2D eigenvalue weighted by atomic mass is 15.3. The molecule has 4 rings (SSSR count). The Labute approximate surface area is 161 Å². The van der Waals surface area contributed by atoms with Gasteiger partial charge >= 0.3 is 0 Å². The lowest BCUT2D eigenvalue weighted by atomic mass is 10.0. The van der Waals surface area contributed by atoms with Gasteiger partial charge in [-0.25, -0.2) is 9.67 Å². The number of likely N-dealkylation sites (N-methyl/N-ethyl adjacent to an activating group) is 1. The van der Waals surface area contributed by atoms with Crippen LogP contribution in [0.5, 0.6) is 0 Å². The van der Waals surface area contributed by atoms with E-state index in [0.717, 1.165) is 38.4 Å². The zero-order valence-electron chi connectivity index (χ0n) is 16.6. The molecule has 5 nitrogen and oxygen atoms in total. The molecule has 0 bridgehead atoms. The molecule has 0 saturated carbocycles. The maximum atomic E-state index is 5.00. The fourth-order valence-corrected chi connectivity index (χ4v) is 4.05. The largest absolute Gasteiger partial charge is 0.308 e. The van der Waals surface area contributed by atoms with Crippen LogP contribution in [0.4, 0.5) is 0 Å². The zero-order chi connectivity index (χ0) is 18.8. The Kier molecular flexibility index (Phi) is 5.23. The van der Waals surface area contributed by atoms with Gasteiger partial charge in [-0.1, -0.05) is 29.8 Å². The predicted molar refractivity (Wildman–Crippen MR) is 110 cm³/mol. The van der Waals surface area contributed by atoms with Gasteiger partial charge in [-0.05, 0) is 51.7 Å². The molecule has 3 aromatic rings. The van der Waals surface area contributed by atoms with Gasteiger partial charge in [-0.2, -0.15) is 5.10 Å². The Bertz CT molecular complexity index is 914. The minimum Gasteiger partial charge on any atom is -0.308 e. The smallest absolute Gasteiger partial charge is 0.158 e. The molecule has 3 heterocycles. The number of benzene rings is 1. The van der Waals surface area contributed by atoms with E-state index in [1.807, 2.05) is 12.3 Å². The fraction of sp³-hybridized carbons (Fsp3) is 0.455. The van der Waals surface area contributed by atoms with Crippen LogP contribution in [0.25, 0.3) is 11.0 Å². The lowest BCUT2D eigenvalue weighted by Crippen LogP contribution is -2.20. The van der Waals surface area contributed by atoms with E-state index < -0.39 is 0 Å². The van der Waals surface area contributed by atoms with Crippen molar-refractivity contribution < 1.29 is 0 Å². The third kappa shape index (κ3) is 4.04. The van der Waals surface area contributed by atoms with Gasteiger partial charge in [0, 0.05) is 37.1 Å². The lowest BCUT2D eigenvalue weighted by molar-refractivity contribution is 0.326. The first-order valence-corrected chi connectivity index (χ1v) is 9.84. The third-order valence-electron chi connectivity index (χ3n) is 5.44. The lowest BCUT2D eigenvalue weighted by Gasteiger charge is -2.16. The second-order valence-electron chi connectivity index (χ2n) is 8.00. The van der Waals surface area contributed by atoms with E-state index in [0.29, 0.717) is 5.92 Å². The number of hydrogen-bond donors (Lipinski definition) is 0. The van der Waals surface area contributed by atoms with Crippen LogP contribution in [0.15, 0.2) is 42.6 Å². The van der Waals surface area contributed by atoms with Gasteiger partial charge in [-0.3, -0.25) is 4.90 Å². The summed E-state index contributed by atoms with van der Waals surface area (Å²) >= 11 is 0. The number of hydrogen-bond acceptors (Lipinski definition) is 4. The Balaban J connectivity index is 1.52. The summed E-state index contributed by atoms with van der Waals surface area (Å²) in [5.41, 5.74) is 4.98. The summed E-state index contributed by atoms with van der Waals surface area (Å²) < 4.78 is 2.09. The van der Waals surface area contributed by atoms with Crippen molar-refractivity contribution in [1.82, 2.24) is 24.6 Å². The number of rotatable bonds is 6. The van der Waals surface area contributed by atoms with E-state index in [4.69, 9.17) is 5.10 Å². The van der Waals surface area contributed by atoms with Gasteiger partial charge in [0.1, 0.15) is 0 Å². The Morgan fingerprint density at radius 3 is 2.89 bits per heavy atom. The standard InChI is InChI=1S/C22H29N5/c1-17-6-4-7-18(14-17)15-26-11-9-19(16-26)21-20-8-5-10-23-22(20)27(24-21)13-12-25(2)3/h4-8,10,14,19H,9,11-13,15-16H2,1-3H3/t19-/m1/s1. The molecule has 0 spiro atoms. The monoisotopic (exact) mass is 363 g/mol. The maximum absolute atomic E-state index is 5.00. The average molecular weight is 364 g/mol. The molecule has 1 saturated heterocycles. The van der Waals surface area contributed by atoms with Crippen molar-refractivity contribution in [3.05, 3.63) is 59.4 Å². The minimum absolute atomic E-state index is 0.488. The molecule has 0 unspecified atom stereocenters. The molecule has 2 aromatic heterocycles. The topological polar surface area (TPSA) is 37.2 Å². The second kappa shape index (κ2) is 7.79. The molecule has 0 radical (unpaired) electrons. The first-order valence-electron chi connectivity index (χ1n) is 9.84. The summed E-state index contributed by atoms with van der Waals surface area (Å²) in [5, 5.41) is 6.22. The van der Waals surface area contributed by atoms with E-state index in [1.165, 1.54) is 28.6 Å². The highest BCUT2D eigenvalue weighted by molar-refractivity contribution is 5.78. The Morgan fingerprint density at radius 2 is 2.07 bits per heavy atom. The van der Waals surface area contributed by atoms with Gasteiger partial charge in [0.25, 0.3) is 0 Å². The molecule has 1 aromatic carbocycles. The summed E-state index contributed by atoms with van der Waals surface area (Å²) in [6, 6.07) is 13.1. The number of pyridine rings is 1. The molecular weight excluding hydrogens is 334 g/mol. The van der Waals surface area contributed by atoms with Crippen LogP contribution >= 0.6 is 0 Å². The molecule has 1 atom stereocenters. The van der Waals surface area contributed by atoms with Gasteiger partial charge in [0.05, 0.1) is 12.2 Å². The Morgan fingerprint density at radius 1 is 1.19 bits per heavy atom. The number of aryl methyl sites for hydroxylation is 1. The molecule has 1 fully saturated rings. The van der Waals surface area contributed by atoms with E-state index in [2.05, 4.69) is 70.8 Å². The number of likely N-dealkylation sites (tertiary alicyclic amines) is 1. The van der Waals surface area contributed by atoms with Crippen molar-refractivity contribution in [2.24, 2.45) is 0 Å². The quantitative estimate of drug-likeness (QED) is 0.673. The van der Waals surface area contributed by atoms with Crippen LogP contribution < -0.4 is 0 Å². The maximum Gasteiger partial charge on any atom is 0.158 e. The zero-order valence-corrected chi connectivity index (χ0v) is 16.6. The molecule has 0 N–H and O–H groups in total. The normalized spacial score (nSPS) is 18.0. The molecule has 5 heteroatoms. The van der Waals surface area contributed by atoms with Crippen molar-refractivity contribution in [3.63, 3.8) is 0 Å². The number of aromatic nitrogens is 3. The van der Waals surface area contributed by atoms with Crippen molar-refractivity contribution in [1.29, 1.82) is 0 Å². The van der Waals surface area contributed by atoms with Crippen molar-refractivity contribution >= 4 is 11.0 Å². The molecule has 0 aliphatic carbocycles. The summed E-state index contributed by atoms with van der Waals surface area (Å²) in [5.74, 6) is 0.488. The van der Waals surface area contributed by atoms with E-state index in [1.54, 1.807) is 0 Å². The van der Waals surface area contributed by atoms with Crippen LogP contribution in [-0.2, 0) is 13.1 Å². The Hall–Kier alpha value is -2.24. The van der Waals surface area contributed by atoms with Gasteiger partial charge < -0.3 is 4.90 Å².